The van der Waals surface area contributed by atoms with Gasteiger partial charge in [-0.15, -0.1) is 0 Å². The van der Waals surface area contributed by atoms with Crippen molar-refractivity contribution in [3.8, 4) is 0 Å². The predicted molar refractivity (Wildman–Crippen MR) is 83.1 cm³/mol. The molecule has 0 atom stereocenters. The molecule has 1 aromatic carbocycles. The number of methoxy groups -OCH3 is 1. The highest BCUT2D eigenvalue weighted by Gasteiger charge is 2.20. The highest BCUT2D eigenvalue weighted by molar-refractivity contribution is 5.94. The summed E-state index contributed by atoms with van der Waals surface area (Å²) >= 11 is 0. The molecule has 2 aromatic rings. The Morgan fingerprint density at radius 2 is 2.00 bits per heavy atom. The van der Waals surface area contributed by atoms with Crippen LogP contribution in [0.25, 0.3) is 10.9 Å². The Kier molecular flexibility index (Phi) is 3.49. The molecule has 20 heavy (non-hydrogen) atoms. The zero-order valence-electron chi connectivity index (χ0n) is 12.1. The lowest BCUT2D eigenvalue weighted by Crippen LogP contribution is -2.36. The van der Waals surface area contributed by atoms with E-state index in [1.54, 1.807) is 7.11 Å². The van der Waals surface area contributed by atoms with Gasteiger partial charge in [-0.3, -0.25) is 4.98 Å². The van der Waals surface area contributed by atoms with E-state index in [0.717, 1.165) is 48.2 Å². The van der Waals surface area contributed by atoms with Gasteiger partial charge in [0.1, 0.15) is 0 Å². The van der Waals surface area contributed by atoms with E-state index in [0.29, 0.717) is 6.10 Å². The molecule has 0 aliphatic carbocycles. The summed E-state index contributed by atoms with van der Waals surface area (Å²) in [6.45, 7) is 4.08. The van der Waals surface area contributed by atoms with E-state index < -0.39 is 0 Å². The molecule has 1 aliphatic heterocycles. The highest BCUT2D eigenvalue weighted by atomic mass is 16.5. The van der Waals surface area contributed by atoms with E-state index in [1.807, 2.05) is 25.1 Å². The number of pyridine rings is 1. The maximum atomic E-state index is 5.94. The number of aromatic nitrogens is 1. The Labute approximate surface area is 119 Å². The third kappa shape index (κ3) is 2.43. The number of ether oxygens (including phenoxy) is 1. The maximum Gasteiger partial charge on any atom is 0.0727 e. The van der Waals surface area contributed by atoms with Crippen LogP contribution in [0.3, 0.4) is 0 Å². The van der Waals surface area contributed by atoms with Crippen LogP contribution in [0.4, 0.5) is 11.4 Å². The van der Waals surface area contributed by atoms with Crippen molar-refractivity contribution in [1.82, 2.24) is 4.98 Å². The monoisotopic (exact) mass is 271 g/mol. The van der Waals surface area contributed by atoms with Crippen LogP contribution in [-0.2, 0) is 4.74 Å². The molecule has 4 nitrogen and oxygen atoms in total. The summed E-state index contributed by atoms with van der Waals surface area (Å²) in [5.74, 6) is 0. The topological polar surface area (TPSA) is 51.4 Å². The van der Waals surface area contributed by atoms with Crippen molar-refractivity contribution in [1.29, 1.82) is 0 Å². The molecule has 0 unspecified atom stereocenters. The molecule has 3 rings (SSSR count). The Balaban J connectivity index is 2.00. The van der Waals surface area contributed by atoms with Gasteiger partial charge in [0, 0.05) is 42.7 Å². The highest BCUT2D eigenvalue weighted by Crippen LogP contribution is 2.30. The van der Waals surface area contributed by atoms with Crippen LogP contribution >= 0.6 is 0 Å². The minimum absolute atomic E-state index is 0.394. The molecule has 1 aliphatic rings. The minimum atomic E-state index is 0.394. The molecule has 4 heteroatoms. The van der Waals surface area contributed by atoms with Gasteiger partial charge in [0.15, 0.2) is 0 Å². The van der Waals surface area contributed by atoms with Crippen molar-refractivity contribution in [2.45, 2.75) is 25.9 Å². The van der Waals surface area contributed by atoms with Crippen LogP contribution in [0.2, 0.25) is 0 Å². The fourth-order valence-electron chi connectivity index (χ4n) is 2.95. The minimum Gasteiger partial charge on any atom is -0.399 e. The van der Waals surface area contributed by atoms with E-state index in [9.17, 15) is 0 Å². The molecular formula is C16H21N3O. The largest absolute Gasteiger partial charge is 0.399 e. The third-order valence-electron chi connectivity index (χ3n) is 4.05. The quantitative estimate of drug-likeness (QED) is 0.853. The van der Waals surface area contributed by atoms with Gasteiger partial charge in [-0.2, -0.15) is 0 Å². The molecule has 2 N–H and O–H groups in total. The molecule has 0 bridgehead atoms. The normalized spacial score (nSPS) is 16.8. The average molecular weight is 271 g/mol. The van der Waals surface area contributed by atoms with Crippen LogP contribution in [0, 0.1) is 6.92 Å². The predicted octanol–water partition coefficient (Wildman–Crippen LogP) is 2.74. The maximum absolute atomic E-state index is 5.94. The first-order chi connectivity index (χ1) is 9.67. The number of fused-ring (bicyclic) bond motifs is 1. The van der Waals surface area contributed by atoms with Crippen molar-refractivity contribution in [2.75, 3.05) is 30.8 Å². The molecule has 1 aromatic heterocycles. The summed E-state index contributed by atoms with van der Waals surface area (Å²) in [5, 5.41) is 1.14. The average Bonchev–Trinajstić information content (AvgIpc) is 2.47. The van der Waals surface area contributed by atoms with Crippen LogP contribution in [0.15, 0.2) is 24.3 Å². The number of nitrogens with two attached hydrogens (primary N) is 1. The molecule has 106 valence electrons. The van der Waals surface area contributed by atoms with Gasteiger partial charge in [-0.05, 0) is 44.0 Å². The van der Waals surface area contributed by atoms with Crippen LogP contribution in [0.1, 0.15) is 18.5 Å². The standard InChI is InChI=1S/C16H21N3O/c1-11-9-16(19-7-5-13(20-2)6-8-19)14-10-12(17)3-4-15(14)18-11/h3-4,9-10,13H,5-8,17H2,1-2H3. The second-order valence-electron chi connectivity index (χ2n) is 5.48. The Morgan fingerprint density at radius 1 is 1.25 bits per heavy atom. The first kappa shape index (κ1) is 13.2. The van der Waals surface area contributed by atoms with Crippen molar-refractivity contribution >= 4 is 22.3 Å². The second kappa shape index (κ2) is 5.29. The smallest absolute Gasteiger partial charge is 0.0727 e. The van der Waals surface area contributed by atoms with E-state index in [4.69, 9.17) is 10.5 Å². The van der Waals surface area contributed by atoms with Gasteiger partial charge in [-0.1, -0.05) is 0 Å². The summed E-state index contributed by atoms with van der Waals surface area (Å²) in [6, 6.07) is 8.10. The Bertz CT molecular complexity index is 618. The summed E-state index contributed by atoms with van der Waals surface area (Å²) in [4.78, 5) is 7.02. The number of piperidine rings is 1. The Morgan fingerprint density at radius 3 is 2.70 bits per heavy atom. The van der Waals surface area contributed by atoms with Crippen molar-refractivity contribution in [2.24, 2.45) is 0 Å². The SMILES string of the molecule is COC1CCN(c2cc(C)nc3ccc(N)cc23)CC1. The number of benzene rings is 1. The van der Waals surface area contributed by atoms with Crippen molar-refractivity contribution in [3.63, 3.8) is 0 Å². The van der Waals surface area contributed by atoms with Crippen LogP contribution in [0.5, 0.6) is 0 Å². The van der Waals surface area contributed by atoms with Gasteiger partial charge < -0.3 is 15.4 Å². The van der Waals surface area contributed by atoms with Crippen molar-refractivity contribution in [3.05, 3.63) is 30.0 Å². The lowest BCUT2D eigenvalue weighted by Gasteiger charge is -2.33. The second-order valence-corrected chi connectivity index (χ2v) is 5.48. The van der Waals surface area contributed by atoms with Gasteiger partial charge in [0.05, 0.1) is 11.6 Å². The zero-order chi connectivity index (χ0) is 14.1. The van der Waals surface area contributed by atoms with E-state index in [1.165, 1.54) is 5.69 Å². The summed E-state index contributed by atoms with van der Waals surface area (Å²) in [6.07, 6.45) is 2.54. The van der Waals surface area contributed by atoms with Gasteiger partial charge in [-0.25, -0.2) is 0 Å². The van der Waals surface area contributed by atoms with E-state index >= 15 is 0 Å². The number of anilines is 2. The number of hydrogen-bond acceptors (Lipinski definition) is 4. The molecule has 1 fully saturated rings. The summed E-state index contributed by atoms with van der Waals surface area (Å²) in [5.41, 5.74) is 10.0. The van der Waals surface area contributed by atoms with Gasteiger partial charge in [0.2, 0.25) is 0 Å². The lowest BCUT2D eigenvalue weighted by molar-refractivity contribution is 0.0819. The summed E-state index contributed by atoms with van der Waals surface area (Å²) < 4.78 is 5.45. The lowest BCUT2D eigenvalue weighted by atomic mass is 10.0. The first-order valence-electron chi connectivity index (χ1n) is 7.12. The zero-order valence-corrected chi connectivity index (χ0v) is 12.1. The molecule has 2 heterocycles. The Hall–Kier alpha value is -1.81. The van der Waals surface area contributed by atoms with Gasteiger partial charge >= 0.3 is 0 Å². The fraction of sp³-hybridized carbons (Fsp3) is 0.438. The molecule has 0 amide bonds. The number of hydrogen-bond donors (Lipinski definition) is 1. The molecule has 0 saturated carbocycles. The third-order valence-corrected chi connectivity index (χ3v) is 4.05. The summed E-state index contributed by atoms with van der Waals surface area (Å²) in [7, 11) is 1.80. The number of rotatable bonds is 2. The molecule has 0 spiro atoms. The molecule has 0 radical (unpaired) electrons. The first-order valence-corrected chi connectivity index (χ1v) is 7.12. The van der Waals surface area contributed by atoms with Crippen LogP contribution in [-0.4, -0.2) is 31.3 Å². The van der Waals surface area contributed by atoms with Gasteiger partial charge in [0.25, 0.3) is 0 Å². The molecule has 1 saturated heterocycles. The number of nitrogen functional groups attached to an aromatic ring is 1. The van der Waals surface area contributed by atoms with E-state index in [-0.39, 0.29) is 0 Å². The number of aryl methyl sites for hydroxylation is 1. The van der Waals surface area contributed by atoms with E-state index in [2.05, 4.69) is 16.0 Å². The molecular weight excluding hydrogens is 250 g/mol. The fourth-order valence-corrected chi connectivity index (χ4v) is 2.95. The van der Waals surface area contributed by atoms with Crippen LogP contribution < -0.4 is 10.6 Å². The van der Waals surface area contributed by atoms with Crippen molar-refractivity contribution < 1.29 is 4.74 Å². The number of nitrogens with zero attached hydrogens (tertiary/aromatic N) is 2.